The highest BCUT2D eigenvalue weighted by molar-refractivity contribution is 7.89. The average Bonchev–Trinajstić information content (AvgIpc) is 2.61. The van der Waals surface area contributed by atoms with Gasteiger partial charge in [0.15, 0.2) is 0 Å². The molecule has 1 fully saturated rings. The van der Waals surface area contributed by atoms with Gasteiger partial charge in [0.05, 0.1) is 16.2 Å². The van der Waals surface area contributed by atoms with Crippen LogP contribution in [-0.2, 0) is 10.0 Å². The second-order valence-electron chi connectivity index (χ2n) is 5.68. The third-order valence-corrected chi connectivity index (χ3v) is 4.82. The van der Waals surface area contributed by atoms with Crippen LogP contribution >= 0.6 is 0 Å². The molecule has 5 nitrogen and oxygen atoms in total. The summed E-state index contributed by atoms with van der Waals surface area (Å²) in [6, 6.07) is 3.46. The van der Waals surface area contributed by atoms with Crippen LogP contribution in [0.1, 0.15) is 38.5 Å². The number of hydrogen-bond acceptors (Lipinski definition) is 4. The Bertz CT molecular complexity index is 596. The highest BCUT2D eigenvalue weighted by atomic mass is 32.2. The number of rotatable bonds is 4. The minimum atomic E-state index is -3.91. The Hall–Kier alpha value is -1.18. The normalized spacial score (nSPS) is 19.0. The first-order valence-corrected chi connectivity index (χ1v) is 8.63. The van der Waals surface area contributed by atoms with Crippen molar-refractivity contribution in [2.75, 3.05) is 11.9 Å². The van der Waals surface area contributed by atoms with Crippen molar-refractivity contribution in [3.63, 3.8) is 0 Å². The number of aliphatic hydroxyl groups is 1. The summed E-state index contributed by atoms with van der Waals surface area (Å²) >= 11 is 0. The summed E-state index contributed by atoms with van der Waals surface area (Å²) in [5.41, 5.74) is -0.665. The largest absolute Gasteiger partial charge is 0.388 e. The highest BCUT2D eigenvalue weighted by Gasteiger charge is 2.28. The van der Waals surface area contributed by atoms with Crippen LogP contribution in [0.5, 0.6) is 0 Å². The third-order valence-electron chi connectivity index (χ3n) is 3.91. The number of nitrogens with two attached hydrogens (primary N) is 1. The third kappa shape index (κ3) is 4.39. The molecule has 0 radical (unpaired) electrons. The molecule has 1 saturated carbocycles. The fourth-order valence-electron chi connectivity index (χ4n) is 2.64. The van der Waals surface area contributed by atoms with Crippen molar-refractivity contribution in [2.24, 2.45) is 5.14 Å². The maximum Gasteiger partial charge on any atom is 0.238 e. The summed E-state index contributed by atoms with van der Waals surface area (Å²) in [6.07, 6.45) is 5.53. The number of halogens is 1. The van der Waals surface area contributed by atoms with Gasteiger partial charge in [-0.3, -0.25) is 0 Å². The van der Waals surface area contributed by atoms with Crippen molar-refractivity contribution in [3.8, 4) is 0 Å². The molecule has 1 aromatic rings. The number of sulfonamides is 1. The maximum absolute atomic E-state index is 13.9. The molecule has 118 valence electrons. The van der Waals surface area contributed by atoms with Crippen LogP contribution < -0.4 is 10.5 Å². The molecule has 0 saturated heterocycles. The van der Waals surface area contributed by atoms with E-state index in [0.29, 0.717) is 12.8 Å². The lowest BCUT2D eigenvalue weighted by atomic mass is 9.94. The van der Waals surface area contributed by atoms with Crippen molar-refractivity contribution < 1.29 is 17.9 Å². The molecule has 0 aliphatic heterocycles. The topological polar surface area (TPSA) is 92.4 Å². The molecule has 1 aromatic carbocycles. The van der Waals surface area contributed by atoms with Gasteiger partial charge in [-0.05, 0) is 31.0 Å². The van der Waals surface area contributed by atoms with Gasteiger partial charge in [-0.2, -0.15) is 0 Å². The average molecular weight is 316 g/mol. The summed E-state index contributed by atoms with van der Waals surface area (Å²) in [5, 5.41) is 18.3. The van der Waals surface area contributed by atoms with Crippen LogP contribution in [0.4, 0.5) is 10.1 Å². The molecule has 7 heteroatoms. The fraction of sp³-hybridized carbons (Fsp3) is 0.571. The van der Waals surface area contributed by atoms with Gasteiger partial charge in [-0.1, -0.05) is 25.7 Å². The van der Waals surface area contributed by atoms with E-state index in [0.717, 1.165) is 31.7 Å². The number of primary sulfonamides is 1. The van der Waals surface area contributed by atoms with Crippen molar-refractivity contribution in [1.29, 1.82) is 0 Å². The molecule has 1 aliphatic carbocycles. The molecule has 0 spiro atoms. The van der Waals surface area contributed by atoms with Gasteiger partial charge < -0.3 is 10.4 Å². The van der Waals surface area contributed by atoms with Gasteiger partial charge in [0.25, 0.3) is 0 Å². The van der Waals surface area contributed by atoms with Crippen LogP contribution in [0.2, 0.25) is 0 Å². The number of benzene rings is 1. The first-order valence-electron chi connectivity index (χ1n) is 7.09. The Balaban J connectivity index is 2.06. The standard InChI is InChI=1S/C14H21FN2O3S/c15-12-9-11(21(16,19)20)5-6-13(12)17-10-14(18)7-3-1-2-4-8-14/h5-6,9,17-18H,1-4,7-8,10H2,(H2,16,19,20). The van der Waals surface area contributed by atoms with E-state index < -0.39 is 21.4 Å². The Labute approximate surface area is 124 Å². The van der Waals surface area contributed by atoms with E-state index in [1.807, 2.05) is 0 Å². The summed E-state index contributed by atoms with van der Waals surface area (Å²) < 4.78 is 36.2. The molecular formula is C14H21FN2O3S. The lowest BCUT2D eigenvalue weighted by Crippen LogP contribution is -2.36. The van der Waals surface area contributed by atoms with Crippen LogP contribution in [0.15, 0.2) is 23.1 Å². The molecule has 0 aromatic heterocycles. The van der Waals surface area contributed by atoms with Gasteiger partial charge in [0.2, 0.25) is 10.0 Å². The fourth-order valence-corrected chi connectivity index (χ4v) is 3.16. The minimum absolute atomic E-state index is 0.167. The van der Waals surface area contributed by atoms with Crippen molar-refractivity contribution in [2.45, 2.75) is 49.0 Å². The Morgan fingerprint density at radius 3 is 2.38 bits per heavy atom. The van der Waals surface area contributed by atoms with Crippen molar-refractivity contribution >= 4 is 15.7 Å². The number of nitrogens with one attached hydrogen (secondary N) is 1. The molecule has 0 heterocycles. The molecule has 21 heavy (non-hydrogen) atoms. The quantitative estimate of drug-likeness (QED) is 0.741. The van der Waals surface area contributed by atoms with E-state index in [-0.39, 0.29) is 17.1 Å². The van der Waals surface area contributed by atoms with E-state index in [9.17, 15) is 17.9 Å². The minimum Gasteiger partial charge on any atom is -0.388 e. The predicted octanol–water partition coefficient (Wildman–Crippen LogP) is 1.97. The van der Waals surface area contributed by atoms with E-state index in [4.69, 9.17) is 5.14 Å². The second-order valence-corrected chi connectivity index (χ2v) is 7.24. The SMILES string of the molecule is NS(=O)(=O)c1ccc(NCC2(O)CCCCCC2)c(F)c1. The van der Waals surface area contributed by atoms with Crippen molar-refractivity contribution in [1.82, 2.24) is 0 Å². The van der Waals surface area contributed by atoms with Gasteiger partial charge in [-0.15, -0.1) is 0 Å². The van der Waals surface area contributed by atoms with E-state index >= 15 is 0 Å². The first-order chi connectivity index (χ1) is 9.80. The van der Waals surface area contributed by atoms with Crippen LogP contribution in [0.25, 0.3) is 0 Å². The molecular weight excluding hydrogens is 295 g/mol. The van der Waals surface area contributed by atoms with Crippen LogP contribution in [-0.4, -0.2) is 25.7 Å². The lowest BCUT2D eigenvalue weighted by molar-refractivity contribution is 0.0381. The molecule has 0 bridgehead atoms. The maximum atomic E-state index is 13.9. The molecule has 2 rings (SSSR count). The van der Waals surface area contributed by atoms with Gasteiger partial charge >= 0.3 is 0 Å². The van der Waals surface area contributed by atoms with E-state index in [1.54, 1.807) is 0 Å². The van der Waals surface area contributed by atoms with E-state index in [1.165, 1.54) is 12.1 Å². The van der Waals surface area contributed by atoms with Crippen LogP contribution in [0.3, 0.4) is 0 Å². The van der Waals surface area contributed by atoms with Gasteiger partial charge in [0.1, 0.15) is 5.82 Å². The van der Waals surface area contributed by atoms with Crippen LogP contribution in [0, 0.1) is 5.82 Å². The first kappa shape index (κ1) is 16.2. The summed E-state index contributed by atoms with van der Waals surface area (Å²) in [6.45, 7) is 0.249. The predicted molar refractivity (Wildman–Crippen MR) is 78.9 cm³/mol. The summed E-state index contributed by atoms with van der Waals surface area (Å²) in [5.74, 6) is -0.696. The zero-order valence-corrected chi connectivity index (χ0v) is 12.6. The Morgan fingerprint density at radius 2 is 1.86 bits per heavy atom. The lowest BCUT2D eigenvalue weighted by Gasteiger charge is -2.27. The Kier molecular flexibility index (Phi) is 4.85. The Morgan fingerprint density at radius 1 is 1.24 bits per heavy atom. The van der Waals surface area contributed by atoms with Crippen molar-refractivity contribution in [3.05, 3.63) is 24.0 Å². The highest BCUT2D eigenvalue weighted by Crippen LogP contribution is 2.28. The zero-order chi connectivity index (χ0) is 15.5. The van der Waals surface area contributed by atoms with Gasteiger partial charge in [-0.25, -0.2) is 17.9 Å². The zero-order valence-electron chi connectivity index (χ0n) is 11.8. The summed E-state index contributed by atoms with van der Waals surface area (Å²) in [7, 11) is -3.91. The molecule has 0 atom stereocenters. The number of anilines is 1. The monoisotopic (exact) mass is 316 g/mol. The molecule has 4 N–H and O–H groups in total. The number of hydrogen-bond donors (Lipinski definition) is 3. The smallest absolute Gasteiger partial charge is 0.238 e. The molecule has 1 aliphatic rings. The van der Waals surface area contributed by atoms with E-state index in [2.05, 4.69) is 5.32 Å². The molecule has 0 unspecified atom stereocenters. The van der Waals surface area contributed by atoms with Gasteiger partial charge in [0, 0.05) is 6.54 Å². The second kappa shape index (κ2) is 6.29. The summed E-state index contributed by atoms with van der Waals surface area (Å²) in [4.78, 5) is -0.265. The molecule has 0 amide bonds.